The normalized spacial score (nSPS) is 16.9. The third-order valence-electron chi connectivity index (χ3n) is 3.77. The lowest BCUT2D eigenvalue weighted by Crippen LogP contribution is -2.36. The van der Waals surface area contributed by atoms with Gasteiger partial charge in [0.2, 0.25) is 5.91 Å². The number of hydrogen-bond donors (Lipinski definition) is 2. The molecule has 1 aliphatic rings. The molecule has 4 N–H and O–H groups in total. The van der Waals surface area contributed by atoms with Crippen molar-refractivity contribution in [3.63, 3.8) is 0 Å². The first kappa shape index (κ1) is 12.9. The van der Waals surface area contributed by atoms with Crippen molar-refractivity contribution in [1.82, 2.24) is 0 Å². The van der Waals surface area contributed by atoms with Crippen LogP contribution in [-0.2, 0) is 0 Å². The van der Waals surface area contributed by atoms with Crippen LogP contribution in [0, 0.1) is 12.8 Å². The standard InChI is InChI=1S/C14H21N3O/c1-10-8-12(14(16)18)2-3-13(10)17-6-4-11(9-15)5-7-17/h2-3,8,11H,4-7,9,15H2,1H3,(H2,16,18). The second kappa shape index (κ2) is 5.40. The fourth-order valence-corrected chi connectivity index (χ4v) is 2.57. The molecule has 1 aromatic rings. The summed E-state index contributed by atoms with van der Waals surface area (Å²) < 4.78 is 0. The lowest BCUT2D eigenvalue weighted by Gasteiger charge is -2.34. The molecule has 1 aliphatic heterocycles. The molecule has 18 heavy (non-hydrogen) atoms. The van der Waals surface area contributed by atoms with Gasteiger partial charge in [0.1, 0.15) is 0 Å². The summed E-state index contributed by atoms with van der Waals surface area (Å²) in [4.78, 5) is 13.5. The highest BCUT2D eigenvalue weighted by Gasteiger charge is 2.19. The average molecular weight is 247 g/mol. The van der Waals surface area contributed by atoms with Crippen LogP contribution in [0.15, 0.2) is 18.2 Å². The number of piperidine rings is 1. The number of carbonyl (C=O) groups excluding carboxylic acids is 1. The van der Waals surface area contributed by atoms with Crippen LogP contribution < -0.4 is 16.4 Å². The number of benzene rings is 1. The zero-order valence-electron chi connectivity index (χ0n) is 10.9. The largest absolute Gasteiger partial charge is 0.371 e. The van der Waals surface area contributed by atoms with Crippen molar-refractivity contribution in [2.24, 2.45) is 17.4 Å². The summed E-state index contributed by atoms with van der Waals surface area (Å²) >= 11 is 0. The summed E-state index contributed by atoms with van der Waals surface area (Å²) in [5.41, 5.74) is 13.9. The maximum absolute atomic E-state index is 11.1. The minimum Gasteiger partial charge on any atom is -0.371 e. The minimum atomic E-state index is -0.369. The van der Waals surface area contributed by atoms with Gasteiger partial charge in [-0.3, -0.25) is 4.79 Å². The summed E-state index contributed by atoms with van der Waals surface area (Å²) in [6.07, 6.45) is 2.29. The molecule has 1 aromatic carbocycles. The Morgan fingerprint density at radius 3 is 2.56 bits per heavy atom. The van der Waals surface area contributed by atoms with Crippen molar-refractivity contribution in [3.8, 4) is 0 Å². The highest BCUT2D eigenvalue weighted by atomic mass is 16.1. The minimum absolute atomic E-state index is 0.369. The monoisotopic (exact) mass is 247 g/mol. The van der Waals surface area contributed by atoms with E-state index in [0.717, 1.165) is 38.0 Å². The first-order valence-corrected chi connectivity index (χ1v) is 6.47. The van der Waals surface area contributed by atoms with Gasteiger partial charge in [-0.15, -0.1) is 0 Å². The van der Waals surface area contributed by atoms with Gasteiger partial charge in [0.15, 0.2) is 0 Å². The fourth-order valence-electron chi connectivity index (χ4n) is 2.57. The summed E-state index contributed by atoms with van der Waals surface area (Å²) in [6.45, 7) is 4.89. The molecule has 0 spiro atoms. The van der Waals surface area contributed by atoms with Gasteiger partial charge in [-0.25, -0.2) is 0 Å². The van der Waals surface area contributed by atoms with E-state index in [9.17, 15) is 4.79 Å². The summed E-state index contributed by atoms with van der Waals surface area (Å²) in [5.74, 6) is 0.290. The molecular formula is C14H21N3O. The Morgan fingerprint density at radius 2 is 2.06 bits per heavy atom. The van der Waals surface area contributed by atoms with E-state index in [4.69, 9.17) is 11.5 Å². The van der Waals surface area contributed by atoms with E-state index in [0.29, 0.717) is 11.5 Å². The van der Waals surface area contributed by atoms with E-state index >= 15 is 0 Å². The highest BCUT2D eigenvalue weighted by molar-refractivity contribution is 5.93. The van der Waals surface area contributed by atoms with E-state index in [1.165, 1.54) is 5.69 Å². The van der Waals surface area contributed by atoms with Crippen molar-refractivity contribution in [2.75, 3.05) is 24.5 Å². The highest BCUT2D eigenvalue weighted by Crippen LogP contribution is 2.26. The lowest BCUT2D eigenvalue weighted by molar-refractivity contribution is 0.1000. The van der Waals surface area contributed by atoms with E-state index in [-0.39, 0.29) is 5.91 Å². The summed E-state index contributed by atoms with van der Waals surface area (Å²) in [7, 11) is 0. The molecule has 0 unspecified atom stereocenters. The molecule has 0 aromatic heterocycles. The molecule has 0 bridgehead atoms. The number of nitrogens with zero attached hydrogens (tertiary/aromatic N) is 1. The van der Waals surface area contributed by atoms with Crippen molar-refractivity contribution in [3.05, 3.63) is 29.3 Å². The van der Waals surface area contributed by atoms with Gasteiger partial charge >= 0.3 is 0 Å². The third-order valence-corrected chi connectivity index (χ3v) is 3.77. The molecule has 1 fully saturated rings. The van der Waals surface area contributed by atoms with Crippen molar-refractivity contribution in [1.29, 1.82) is 0 Å². The van der Waals surface area contributed by atoms with Gasteiger partial charge < -0.3 is 16.4 Å². The maximum Gasteiger partial charge on any atom is 0.248 e. The second-order valence-electron chi connectivity index (χ2n) is 5.03. The van der Waals surface area contributed by atoms with Gasteiger partial charge in [0, 0.05) is 24.3 Å². The molecule has 1 heterocycles. The van der Waals surface area contributed by atoms with Crippen LogP contribution in [0.4, 0.5) is 5.69 Å². The molecule has 1 saturated heterocycles. The first-order chi connectivity index (χ1) is 8.61. The van der Waals surface area contributed by atoms with E-state index < -0.39 is 0 Å². The third kappa shape index (κ3) is 2.64. The predicted octanol–water partition coefficient (Wildman–Crippen LogP) is 1.27. The summed E-state index contributed by atoms with van der Waals surface area (Å²) in [6, 6.07) is 5.67. The number of carbonyl (C=O) groups is 1. The van der Waals surface area contributed by atoms with Crippen LogP contribution in [0.25, 0.3) is 0 Å². The Balaban J connectivity index is 2.12. The van der Waals surface area contributed by atoms with Crippen molar-refractivity contribution in [2.45, 2.75) is 19.8 Å². The van der Waals surface area contributed by atoms with Crippen LogP contribution in [0.2, 0.25) is 0 Å². The molecule has 0 atom stereocenters. The Kier molecular flexibility index (Phi) is 3.87. The Labute approximate surface area is 108 Å². The van der Waals surface area contributed by atoms with Gasteiger partial charge in [-0.1, -0.05) is 0 Å². The number of anilines is 1. The van der Waals surface area contributed by atoms with Crippen LogP contribution in [0.3, 0.4) is 0 Å². The van der Waals surface area contributed by atoms with Crippen LogP contribution in [0.5, 0.6) is 0 Å². The van der Waals surface area contributed by atoms with Gasteiger partial charge in [-0.05, 0) is 56.0 Å². The average Bonchev–Trinajstić information content (AvgIpc) is 2.38. The number of amides is 1. The molecule has 1 amide bonds. The summed E-state index contributed by atoms with van der Waals surface area (Å²) in [5, 5.41) is 0. The van der Waals surface area contributed by atoms with Crippen LogP contribution in [-0.4, -0.2) is 25.5 Å². The number of aryl methyl sites for hydroxylation is 1. The molecule has 0 saturated carbocycles. The number of primary amides is 1. The zero-order valence-corrected chi connectivity index (χ0v) is 10.9. The Bertz CT molecular complexity index is 437. The number of nitrogens with two attached hydrogens (primary N) is 2. The van der Waals surface area contributed by atoms with Crippen LogP contribution >= 0.6 is 0 Å². The molecule has 4 nitrogen and oxygen atoms in total. The van der Waals surface area contributed by atoms with Gasteiger partial charge in [0.25, 0.3) is 0 Å². The molecule has 98 valence electrons. The van der Waals surface area contributed by atoms with Gasteiger partial charge in [-0.2, -0.15) is 0 Å². The Hall–Kier alpha value is -1.55. The maximum atomic E-state index is 11.1. The Morgan fingerprint density at radius 1 is 1.39 bits per heavy atom. The molecule has 2 rings (SSSR count). The van der Waals surface area contributed by atoms with Crippen LogP contribution in [0.1, 0.15) is 28.8 Å². The SMILES string of the molecule is Cc1cc(C(N)=O)ccc1N1CCC(CN)CC1. The first-order valence-electron chi connectivity index (χ1n) is 6.47. The second-order valence-corrected chi connectivity index (χ2v) is 5.03. The van der Waals surface area contributed by atoms with E-state index in [1.807, 2.05) is 19.1 Å². The topological polar surface area (TPSA) is 72.4 Å². The number of rotatable bonds is 3. The van der Waals surface area contributed by atoms with Crippen molar-refractivity contribution < 1.29 is 4.79 Å². The molecule has 0 aliphatic carbocycles. The zero-order chi connectivity index (χ0) is 13.1. The number of hydrogen-bond acceptors (Lipinski definition) is 3. The molecular weight excluding hydrogens is 226 g/mol. The van der Waals surface area contributed by atoms with Crippen molar-refractivity contribution >= 4 is 11.6 Å². The fraction of sp³-hybridized carbons (Fsp3) is 0.500. The quantitative estimate of drug-likeness (QED) is 0.845. The van der Waals surface area contributed by atoms with E-state index in [2.05, 4.69) is 4.90 Å². The van der Waals surface area contributed by atoms with E-state index in [1.54, 1.807) is 6.07 Å². The smallest absolute Gasteiger partial charge is 0.248 e. The molecule has 0 radical (unpaired) electrons. The molecule has 4 heteroatoms. The lowest BCUT2D eigenvalue weighted by atomic mass is 9.96. The van der Waals surface area contributed by atoms with Gasteiger partial charge in [0.05, 0.1) is 0 Å². The predicted molar refractivity (Wildman–Crippen MR) is 73.7 cm³/mol.